The molecule has 2 aromatic heterocycles. The van der Waals surface area contributed by atoms with Crippen LogP contribution in [0.1, 0.15) is 36.5 Å². The quantitative estimate of drug-likeness (QED) is 0.730. The van der Waals surface area contributed by atoms with Crippen LogP contribution in [0.25, 0.3) is 11.6 Å². The molecule has 6 heteroatoms. The van der Waals surface area contributed by atoms with Crippen LogP contribution in [0.4, 0.5) is 5.69 Å². The van der Waals surface area contributed by atoms with Gasteiger partial charge in [0, 0.05) is 17.8 Å². The van der Waals surface area contributed by atoms with Crippen molar-refractivity contribution < 1.29 is 9.32 Å². The number of carbonyl (C=O) groups excluding carboxylic acids is 1. The highest BCUT2D eigenvalue weighted by Gasteiger charge is 2.19. The molecule has 0 aliphatic rings. The van der Waals surface area contributed by atoms with E-state index in [1.165, 1.54) is 5.56 Å². The number of nitrogens with zero attached hydrogens (tertiary/aromatic N) is 3. The third kappa shape index (κ3) is 3.69. The van der Waals surface area contributed by atoms with Crippen molar-refractivity contribution in [2.45, 2.75) is 47.1 Å². The second kappa shape index (κ2) is 7.56. The topological polar surface area (TPSA) is 73.0 Å². The van der Waals surface area contributed by atoms with Gasteiger partial charge in [-0.25, -0.2) is 0 Å². The lowest BCUT2D eigenvalue weighted by atomic mass is 10.1. The van der Waals surface area contributed by atoms with Crippen LogP contribution in [0, 0.1) is 13.8 Å². The second-order valence-electron chi connectivity index (χ2n) is 6.37. The van der Waals surface area contributed by atoms with E-state index in [4.69, 9.17) is 4.52 Å². The maximum atomic E-state index is 12.5. The normalized spacial score (nSPS) is 10.9. The number of anilines is 1. The van der Waals surface area contributed by atoms with E-state index in [9.17, 15) is 4.79 Å². The summed E-state index contributed by atoms with van der Waals surface area (Å²) in [7, 11) is 0. The summed E-state index contributed by atoms with van der Waals surface area (Å²) in [6, 6.07) is 9.93. The minimum Gasteiger partial charge on any atom is -0.332 e. The first-order valence-corrected chi connectivity index (χ1v) is 8.90. The van der Waals surface area contributed by atoms with E-state index in [1.807, 2.05) is 55.7 Å². The van der Waals surface area contributed by atoms with Crippen LogP contribution in [-0.2, 0) is 24.2 Å². The Balaban J connectivity index is 1.81. The van der Waals surface area contributed by atoms with Crippen molar-refractivity contribution >= 4 is 11.6 Å². The molecule has 0 aliphatic heterocycles. The van der Waals surface area contributed by atoms with Gasteiger partial charge in [0.05, 0.1) is 0 Å². The van der Waals surface area contributed by atoms with Crippen LogP contribution < -0.4 is 5.32 Å². The van der Waals surface area contributed by atoms with Gasteiger partial charge >= 0.3 is 0 Å². The van der Waals surface area contributed by atoms with Crippen molar-refractivity contribution in [2.24, 2.45) is 0 Å². The molecule has 6 nitrogen and oxygen atoms in total. The molecule has 0 unspecified atom stereocenters. The minimum atomic E-state index is -0.0931. The summed E-state index contributed by atoms with van der Waals surface area (Å²) in [4.78, 5) is 17.0. The van der Waals surface area contributed by atoms with Gasteiger partial charge in [-0.2, -0.15) is 4.98 Å². The van der Waals surface area contributed by atoms with Gasteiger partial charge in [-0.3, -0.25) is 4.79 Å². The van der Waals surface area contributed by atoms with Gasteiger partial charge in [0.25, 0.3) is 5.89 Å². The number of hydrogen-bond donors (Lipinski definition) is 1. The van der Waals surface area contributed by atoms with E-state index >= 15 is 0 Å². The molecule has 0 bridgehead atoms. The molecule has 1 aromatic carbocycles. The van der Waals surface area contributed by atoms with Crippen molar-refractivity contribution in [3.63, 3.8) is 0 Å². The Morgan fingerprint density at radius 1 is 1.15 bits per heavy atom. The largest absolute Gasteiger partial charge is 0.332 e. The van der Waals surface area contributed by atoms with Gasteiger partial charge in [0.15, 0.2) is 5.82 Å². The van der Waals surface area contributed by atoms with Crippen molar-refractivity contribution in [1.82, 2.24) is 14.7 Å². The summed E-state index contributed by atoms with van der Waals surface area (Å²) in [5, 5.41) is 6.91. The Kier molecular flexibility index (Phi) is 5.21. The molecule has 26 heavy (non-hydrogen) atoms. The standard InChI is InChI=1S/C20H24N4O2/c1-5-15-7-9-16(10-8-15)21-18(25)12-24-14(4)11-13(3)19(24)20-22-17(6-2)23-26-20/h7-11H,5-6,12H2,1-4H3,(H,21,25). The zero-order valence-corrected chi connectivity index (χ0v) is 15.7. The molecule has 0 saturated heterocycles. The number of amides is 1. The molecule has 0 spiro atoms. The predicted octanol–water partition coefficient (Wildman–Crippen LogP) is 3.92. The van der Waals surface area contributed by atoms with Crippen LogP contribution in [0.5, 0.6) is 0 Å². The molecule has 136 valence electrons. The number of nitrogens with one attached hydrogen (secondary N) is 1. The third-order valence-corrected chi connectivity index (χ3v) is 4.43. The van der Waals surface area contributed by atoms with E-state index in [0.717, 1.165) is 29.1 Å². The fourth-order valence-corrected chi connectivity index (χ4v) is 3.00. The van der Waals surface area contributed by atoms with Crippen LogP contribution in [0.3, 0.4) is 0 Å². The summed E-state index contributed by atoms with van der Waals surface area (Å²) in [6.45, 7) is 8.22. The first-order valence-electron chi connectivity index (χ1n) is 8.90. The Labute approximate surface area is 153 Å². The van der Waals surface area contributed by atoms with Crippen molar-refractivity contribution in [3.05, 3.63) is 53.0 Å². The summed E-state index contributed by atoms with van der Waals surface area (Å²) < 4.78 is 7.30. The van der Waals surface area contributed by atoms with Crippen molar-refractivity contribution in [2.75, 3.05) is 5.32 Å². The fourth-order valence-electron chi connectivity index (χ4n) is 3.00. The summed E-state index contributed by atoms with van der Waals surface area (Å²) in [5.41, 5.74) is 4.82. The second-order valence-corrected chi connectivity index (χ2v) is 6.37. The Hall–Kier alpha value is -2.89. The number of benzene rings is 1. The van der Waals surface area contributed by atoms with Crippen LogP contribution in [0.2, 0.25) is 0 Å². The van der Waals surface area contributed by atoms with E-state index in [-0.39, 0.29) is 12.5 Å². The fraction of sp³-hybridized carbons (Fsp3) is 0.350. The van der Waals surface area contributed by atoms with E-state index in [2.05, 4.69) is 22.4 Å². The highest BCUT2D eigenvalue weighted by atomic mass is 16.5. The van der Waals surface area contributed by atoms with Crippen LogP contribution >= 0.6 is 0 Å². The highest BCUT2D eigenvalue weighted by Crippen LogP contribution is 2.26. The Morgan fingerprint density at radius 3 is 2.50 bits per heavy atom. The zero-order chi connectivity index (χ0) is 18.7. The number of hydrogen-bond acceptors (Lipinski definition) is 4. The van der Waals surface area contributed by atoms with E-state index in [0.29, 0.717) is 18.1 Å². The van der Waals surface area contributed by atoms with Crippen LogP contribution in [0.15, 0.2) is 34.9 Å². The summed E-state index contributed by atoms with van der Waals surface area (Å²) in [5.74, 6) is 1.02. The Bertz CT molecular complexity index is 907. The number of rotatable bonds is 6. The van der Waals surface area contributed by atoms with E-state index in [1.54, 1.807) is 0 Å². The lowest BCUT2D eigenvalue weighted by Gasteiger charge is -2.11. The monoisotopic (exact) mass is 352 g/mol. The van der Waals surface area contributed by atoms with Gasteiger partial charge in [-0.05, 0) is 49.6 Å². The predicted molar refractivity (Wildman–Crippen MR) is 101 cm³/mol. The summed E-state index contributed by atoms with van der Waals surface area (Å²) >= 11 is 0. The lowest BCUT2D eigenvalue weighted by Crippen LogP contribution is -2.20. The molecule has 2 heterocycles. The van der Waals surface area contributed by atoms with Crippen molar-refractivity contribution in [1.29, 1.82) is 0 Å². The number of aromatic nitrogens is 3. The maximum Gasteiger partial charge on any atom is 0.274 e. The van der Waals surface area contributed by atoms with Gasteiger partial charge in [-0.15, -0.1) is 0 Å². The number of carbonyl (C=O) groups is 1. The smallest absolute Gasteiger partial charge is 0.274 e. The van der Waals surface area contributed by atoms with Crippen molar-refractivity contribution in [3.8, 4) is 11.6 Å². The van der Waals surface area contributed by atoms with Gasteiger partial charge in [0.2, 0.25) is 5.91 Å². The van der Waals surface area contributed by atoms with E-state index < -0.39 is 0 Å². The highest BCUT2D eigenvalue weighted by molar-refractivity contribution is 5.91. The zero-order valence-electron chi connectivity index (χ0n) is 15.7. The van der Waals surface area contributed by atoms with Gasteiger partial charge in [-0.1, -0.05) is 31.1 Å². The lowest BCUT2D eigenvalue weighted by molar-refractivity contribution is -0.116. The molecular weight excluding hydrogens is 328 g/mol. The minimum absolute atomic E-state index is 0.0931. The van der Waals surface area contributed by atoms with Gasteiger partial charge in [0.1, 0.15) is 12.2 Å². The molecule has 1 N–H and O–H groups in total. The third-order valence-electron chi connectivity index (χ3n) is 4.43. The summed E-state index contributed by atoms with van der Waals surface area (Å²) in [6.07, 6.45) is 1.68. The average molecular weight is 352 g/mol. The molecule has 0 fully saturated rings. The SMILES string of the molecule is CCc1ccc(NC(=O)Cn2c(C)cc(C)c2-c2nc(CC)no2)cc1. The molecule has 1 amide bonds. The number of aryl methyl sites for hydroxylation is 4. The molecule has 0 radical (unpaired) electrons. The first-order chi connectivity index (χ1) is 12.5. The maximum absolute atomic E-state index is 12.5. The average Bonchev–Trinajstić information content (AvgIpc) is 3.20. The Morgan fingerprint density at radius 2 is 1.88 bits per heavy atom. The molecular formula is C20H24N4O2. The molecule has 0 aliphatic carbocycles. The first kappa shape index (κ1) is 17.9. The molecule has 3 aromatic rings. The molecule has 3 rings (SSSR count). The molecule has 0 saturated carbocycles. The molecule has 0 atom stereocenters. The van der Waals surface area contributed by atoms with Crippen LogP contribution in [-0.4, -0.2) is 20.6 Å². The van der Waals surface area contributed by atoms with Gasteiger partial charge < -0.3 is 14.4 Å².